The summed E-state index contributed by atoms with van der Waals surface area (Å²) < 4.78 is 2.85. The average molecular weight is 311 g/mol. The molecule has 0 aliphatic rings. The van der Waals surface area contributed by atoms with E-state index in [4.69, 9.17) is 0 Å². The topological polar surface area (TPSA) is 58.9 Å². The van der Waals surface area contributed by atoms with Gasteiger partial charge in [-0.15, -0.1) is 0 Å². The highest BCUT2D eigenvalue weighted by Crippen LogP contribution is 2.24. The lowest BCUT2D eigenvalue weighted by molar-refractivity contribution is 0.753. The Balaban J connectivity index is 2.23. The Morgan fingerprint density at radius 1 is 1.44 bits per heavy atom. The Morgan fingerprint density at radius 3 is 2.83 bits per heavy atom. The predicted molar refractivity (Wildman–Crippen MR) is 74.6 cm³/mol. The fraction of sp³-hybridized carbons (Fsp3) is 0.364. The largest absolute Gasteiger partial charge is 0.357 e. The molecule has 0 bridgehead atoms. The van der Waals surface area contributed by atoms with E-state index >= 15 is 0 Å². The van der Waals surface area contributed by atoms with Crippen molar-refractivity contribution in [1.82, 2.24) is 19.5 Å². The van der Waals surface area contributed by atoms with Crippen LogP contribution in [0.2, 0.25) is 0 Å². The van der Waals surface area contributed by atoms with Crippen molar-refractivity contribution in [2.45, 2.75) is 6.54 Å². The van der Waals surface area contributed by atoms with Crippen molar-refractivity contribution in [3.05, 3.63) is 28.9 Å². The van der Waals surface area contributed by atoms with Gasteiger partial charge in [-0.1, -0.05) is 0 Å². The van der Waals surface area contributed by atoms with Crippen LogP contribution in [-0.2, 0) is 13.6 Å². The summed E-state index contributed by atoms with van der Waals surface area (Å²) >= 11 is 3.46. The highest BCUT2D eigenvalue weighted by Gasteiger charge is 2.11. The summed E-state index contributed by atoms with van der Waals surface area (Å²) in [6.45, 7) is 0.683. The van der Waals surface area contributed by atoms with Crippen molar-refractivity contribution >= 4 is 27.7 Å². The monoisotopic (exact) mass is 310 g/mol. The quantitative estimate of drug-likeness (QED) is 0.930. The van der Waals surface area contributed by atoms with E-state index in [2.05, 4.69) is 36.2 Å². The van der Waals surface area contributed by atoms with Gasteiger partial charge in [0.05, 0.1) is 11.0 Å². The molecule has 0 fully saturated rings. The van der Waals surface area contributed by atoms with Gasteiger partial charge in [0.2, 0.25) is 5.95 Å². The lowest BCUT2D eigenvalue weighted by Crippen LogP contribution is -2.21. The van der Waals surface area contributed by atoms with Crippen molar-refractivity contribution in [3.8, 4) is 0 Å². The lowest BCUT2D eigenvalue weighted by Gasteiger charge is -2.19. The first kappa shape index (κ1) is 12.8. The van der Waals surface area contributed by atoms with Crippen LogP contribution in [0, 0.1) is 0 Å². The van der Waals surface area contributed by atoms with E-state index in [-0.39, 0.29) is 0 Å². The number of aromatic nitrogens is 4. The van der Waals surface area contributed by atoms with Crippen molar-refractivity contribution < 1.29 is 0 Å². The van der Waals surface area contributed by atoms with Crippen LogP contribution in [0.4, 0.5) is 11.8 Å². The van der Waals surface area contributed by atoms with Crippen molar-refractivity contribution in [2.24, 2.45) is 7.05 Å². The molecule has 0 spiro atoms. The molecular weight excluding hydrogens is 296 g/mol. The molecule has 96 valence electrons. The SMILES string of the molecule is CNc1ncc(Br)c(N(C)Cc2nccn2C)n1. The molecule has 0 aliphatic carbocycles. The molecule has 2 heterocycles. The summed E-state index contributed by atoms with van der Waals surface area (Å²) in [5.41, 5.74) is 0. The molecular formula is C11H15BrN6. The number of hydrogen-bond donors (Lipinski definition) is 1. The van der Waals surface area contributed by atoms with Crippen LogP contribution < -0.4 is 10.2 Å². The summed E-state index contributed by atoms with van der Waals surface area (Å²) in [5.74, 6) is 2.41. The predicted octanol–water partition coefficient (Wildman–Crippen LogP) is 1.65. The molecule has 0 amide bonds. The summed E-state index contributed by atoms with van der Waals surface area (Å²) in [6.07, 6.45) is 5.46. The maximum Gasteiger partial charge on any atom is 0.224 e. The molecule has 0 atom stereocenters. The number of aryl methyl sites for hydroxylation is 1. The van der Waals surface area contributed by atoms with Gasteiger partial charge >= 0.3 is 0 Å². The number of nitrogens with zero attached hydrogens (tertiary/aromatic N) is 5. The summed E-state index contributed by atoms with van der Waals surface area (Å²) in [5, 5.41) is 2.93. The smallest absolute Gasteiger partial charge is 0.224 e. The number of anilines is 2. The van der Waals surface area contributed by atoms with E-state index < -0.39 is 0 Å². The Labute approximate surface area is 114 Å². The third kappa shape index (κ3) is 2.61. The number of rotatable bonds is 4. The molecule has 0 radical (unpaired) electrons. The van der Waals surface area contributed by atoms with Crippen molar-refractivity contribution in [3.63, 3.8) is 0 Å². The Hall–Kier alpha value is -1.63. The highest BCUT2D eigenvalue weighted by atomic mass is 79.9. The molecule has 7 heteroatoms. The summed E-state index contributed by atoms with van der Waals surface area (Å²) in [7, 11) is 5.75. The molecule has 2 rings (SSSR count). The fourth-order valence-corrected chi connectivity index (χ4v) is 2.08. The van der Waals surface area contributed by atoms with Crippen LogP contribution in [0.1, 0.15) is 5.82 Å². The molecule has 2 aromatic rings. The third-order valence-electron chi connectivity index (χ3n) is 2.61. The molecule has 1 N–H and O–H groups in total. The minimum atomic E-state index is 0.597. The molecule has 18 heavy (non-hydrogen) atoms. The van der Waals surface area contributed by atoms with Gasteiger partial charge in [0.25, 0.3) is 0 Å². The second kappa shape index (κ2) is 5.34. The average Bonchev–Trinajstić information content (AvgIpc) is 2.75. The zero-order valence-electron chi connectivity index (χ0n) is 10.6. The van der Waals surface area contributed by atoms with E-state index in [9.17, 15) is 0 Å². The van der Waals surface area contributed by atoms with Gasteiger partial charge in [-0.2, -0.15) is 4.98 Å². The van der Waals surface area contributed by atoms with Crippen LogP contribution in [0.15, 0.2) is 23.1 Å². The van der Waals surface area contributed by atoms with Gasteiger partial charge in [-0.05, 0) is 15.9 Å². The van der Waals surface area contributed by atoms with Gasteiger partial charge in [-0.3, -0.25) is 0 Å². The van der Waals surface area contributed by atoms with Crippen molar-refractivity contribution in [1.29, 1.82) is 0 Å². The molecule has 2 aromatic heterocycles. The van der Waals surface area contributed by atoms with E-state index in [0.717, 1.165) is 16.1 Å². The maximum absolute atomic E-state index is 4.42. The van der Waals surface area contributed by atoms with E-state index in [1.807, 2.05) is 29.8 Å². The van der Waals surface area contributed by atoms with Gasteiger partial charge in [0, 0.05) is 39.7 Å². The standard InChI is InChI=1S/C11H15BrN6/c1-13-11-15-6-8(12)10(16-11)18(3)7-9-14-4-5-17(9)2/h4-6H,7H2,1-3H3,(H,13,15,16). The number of nitrogens with one attached hydrogen (secondary N) is 1. The first-order valence-corrected chi connectivity index (χ1v) is 6.28. The molecule has 0 aliphatic heterocycles. The summed E-state index contributed by atoms with van der Waals surface area (Å²) in [6, 6.07) is 0. The van der Waals surface area contributed by atoms with Crippen LogP contribution >= 0.6 is 15.9 Å². The van der Waals surface area contributed by atoms with Gasteiger partial charge < -0.3 is 14.8 Å². The zero-order chi connectivity index (χ0) is 13.1. The second-order valence-corrected chi connectivity index (χ2v) is 4.78. The van der Waals surface area contributed by atoms with Crippen molar-refractivity contribution in [2.75, 3.05) is 24.3 Å². The first-order valence-electron chi connectivity index (χ1n) is 5.49. The van der Waals surface area contributed by atoms with Gasteiger partial charge in [-0.25, -0.2) is 9.97 Å². The minimum absolute atomic E-state index is 0.597. The van der Waals surface area contributed by atoms with E-state index in [1.165, 1.54) is 0 Å². The van der Waals surface area contributed by atoms with Crippen LogP contribution in [-0.4, -0.2) is 33.6 Å². The molecule has 0 saturated heterocycles. The third-order valence-corrected chi connectivity index (χ3v) is 3.17. The van der Waals surface area contributed by atoms with Crippen LogP contribution in [0.25, 0.3) is 0 Å². The molecule has 0 aromatic carbocycles. The Morgan fingerprint density at radius 2 is 2.22 bits per heavy atom. The number of halogens is 1. The fourth-order valence-electron chi connectivity index (χ4n) is 1.58. The van der Waals surface area contributed by atoms with E-state index in [1.54, 1.807) is 19.4 Å². The Kier molecular flexibility index (Phi) is 3.81. The van der Waals surface area contributed by atoms with Gasteiger partial charge in [0.1, 0.15) is 11.6 Å². The second-order valence-electron chi connectivity index (χ2n) is 3.93. The Bertz CT molecular complexity index is 538. The minimum Gasteiger partial charge on any atom is -0.357 e. The number of hydrogen-bond acceptors (Lipinski definition) is 5. The summed E-state index contributed by atoms with van der Waals surface area (Å²) in [4.78, 5) is 14.9. The normalized spacial score (nSPS) is 10.4. The maximum atomic E-state index is 4.42. The van der Waals surface area contributed by atoms with E-state index in [0.29, 0.717) is 12.5 Å². The molecule has 6 nitrogen and oxygen atoms in total. The first-order chi connectivity index (χ1) is 8.61. The highest BCUT2D eigenvalue weighted by molar-refractivity contribution is 9.10. The molecule has 0 saturated carbocycles. The lowest BCUT2D eigenvalue weighted by atomic mass is 10.4. The van der Waals surface area contributed by atoms with Crippen LogP contribution in [0.5, 0.6) is 0 Å². The zero-order valence-corrected chi connectivity index (χ0v) is 12.1. The molecule has 0 unspecified atom stereocenters. The van der Waals surface area contributed by atoms with Crippen LogP contribution in [0.3, 0.4) is 0 Å². The van der Waals surface area contributed by atoms with Gasteiger partial charge in [0.15, 0.2) is 0 Å². The number of imidazole rings is 1.